The Morgan fingerprint density at radius 1 is 1.12 bits per heavy atom. The monoisotopic (exact) mass is 322 g/mol. The lowest BCUT2D eigenvalue weighted by Gasteiger charge is -2.25. The Morgan fingerprint density at radius 3 is 2.50 bits per heavy atom. The van der Waals surface area contributed by atoms with Gasteiger partial charge in [0.25, 0.3) is 5.91 Å². The van der Waals surface area contributed by atoms with E-state index in [9.17, 15) is 4.79 Å². The van der Waals surface area contributed by atoms with Crippen molar-refractivity contribution in [2.24, 2.45) is 0 Å². The summed E-state index contributed by atoms with van der Waals surface area (Å²) in [7, 11) is 3.47. The summed E-state index contributed by atoms with van der Waals surface area (Å²) in [5.41, 5.74) is 3.84. The Bertz CT molecular complexity index is 865. The van der Waals surface area contributed by atoms with Gasteiger partial charge in [-0.05, 0) is 49.2 Å². The number of carbonyl (C=O) groups excluding carboxylic acids is 1. The van der Waals surface area contributed by atoms with Crippen molar-refractivity contribution in [3.8, 4) is 5.75 Å². The zero-order chi connectivity index (χ0) is 17.3. The molecule has 0 aliphatic rings. The van der Waals surface area contributed by atoms with E-state index in [0.29, 0.717) is 5.69 Å². The number of rotatable bonds is 4. The van der Waals surface area contributed by atoms with Crippen LogP contribution in [0.3, 0.4) is 0 Å². The molecule has 1 amide bonds. The molecule has 24 heavy (non-hydrogen) atoms. The van der Waals surface area contributed by atoms with E-state index < -0.39 is 0 Å². The molecule has 1 aromatic heterocycles. The molecule has 1 atom stereocenters. The zero-order valence-electron chi connectivity index (χ0n) is 14.5. The molecule has 0 bridgehead atoms. The van der Waals surface area contributed by atoms with Crippen LogP contribution in [0.15, 0.2) is 48.5 Å². The second-order valence-corrected chi connectivity index (χ2v) is 6.14. The minimum atomic E-state index is -0.0310. The minimum Gasteiger partial charge on any atom is -0.497 e. The first-order valence-electron chi connectivity index (χ1n) is 8.00. The fourth-order valence-electron chi connectivity index (χ4n) is 2.83. The molecule has 2 aromatic carbocycles. The number of nitrogens with one attached hydrogen (secondary N) is 1. The van der Waals surface area contributed by atoms with Crippen molar-refractivity contribution in [2.75, 3.05) is 14.2 Å². The van der Waals surface area contributed by atoms with E-state index in [2.05, 4.69) is 11.1 Å². The molecule has 1 N–H and O–H groups in total. The Morgan fingerprint density at radius 2 is 1.83 bits per heavy atom. The summed E-state index contributed by atoms with van der Waals surface area (Å²) in [6.07, 6.45) is 0. The van der Waals surface area contributed by atoms with Gasteiger partial charge >= 0.3 is 0 Å². The number of aryl methyl sites for hydroxylation is 1. The average Bonchev–Trinajstić information content (AvgIpc) is 3.03. The van der Waals surface area contributed by atoms with Crippen molar-refractivity contribution in [1.29, 1.82) is 0 Å². The van der Waals surface area contributed by atoms with Crippen molar-refractivity contribution >= 4 is 16.8 Å². The molecule has 0 aliphatic carbocycles. The summed E-state index contributed by atoms with van der Waals surface area (Å²) in [5.74, 6) is 0.790. The molecule has 4 heteroatoms. The number of methoxy groups -OCH3 is 1. The topological polar surface area (TPSA) is 45.3 Å². The standard InChI is InChI=1S/C20H22N2O2/c1-13-5-6-16-12-19(21-18(16)11-13)20(23)22(3)14(2)15-7-9-17(24-4)10-8-15/h5-12,14,21H,1-4H3. The van der Waals surface area contributed by atoms with Crippen LogP contribution in [0, 0.1) is 6.92 Å². The van der Waals surface area contributed by atoms with E-state index in [0.717, 1.165) is 22.2 Å². The van der Waals surface area contributed by atoms with Crippen molar-refractivity contribution < 1.29 is 9.53 Å². The van der Waals surface area contributed by atoms with E-state index in [4.69, 9.17) is 4.74 Å². The van der Waals surface area contributed by atoms with Crippen LogP contribution >= 0.6 is 0 Å². The Balaban J connectivity index is 1.83. The molecule has 0 saturated carbocycles. The first-order valence-corrected chi connectivity index (χ1v) is 8.00. The van der Waals surface area contributed by atoms with Crippen molar-refractivity contribution in [1.82, 2.24) is 9.88 Å². The maximum Gasteiger partial charge on any atom is 0.270 e. The normalized spacial score (nSPS) is 12.2. The fourth-order valence-corrected chi connectivity index (χ4v) is 2.83. The summed E-state index contributed by atoms with van der Waals surface area (Å²) in [6, 6.07) is 15.8. The Hall–Kier alpha value is -2.75. The molecule has 0 radical (unpaired) electrons. The number of fused-ring (bicyclic) bond motifs is 1. The van der Waals surface area contributed by atoms with Crippen molar-refractivity contribution in [3.05, 3.63) is 65.4 Å². The van der Waals surface area contributed by atoms with Crippen LogP contribution in [-0.2, 0) is 0 Å². The van der Waals surface area contributed by atoms with Crippen LogP contribution in [0.5, 0.6) is 5.75 Å². The number of benzene rings is 2. The predicted molar refractivity (Wildman–Crippen MR) is 96.5 cm³/mol. The molecule has 0 aliphatic heterocycles. The molecule has 1 heterocycles. The van der Waals surface area contributed by atoms with Gasteiger partial charge in [0.2, 0.25) is 0 Å². The van der Waals surface area contributed by atoms with Crippen LogP contribution in [0.4, 0.5) is 0 Å². The van der Waals surface area contributed by atoms with E-state index in [1.54, 1.807) is 12.0 Å². The number of nitrogens with zero attached hydrogens (tertiary/aromatic N) is 1. The minimum absolute atomic E-state index is 0.0211. The number of carbonyl (C=O) groups is 1. The summed E-state index contributed by atoms with van der Waals surface area (Å²) in [6.45, 7) is 4.06. The average molecular weight is 322 g/mol. The molecule has 1 unspecified atom stereocenters. The second-order valence-electron chi connectivity index (χ2n) is 6.14. The van der Waals surface area contributed by atoms with Crippen LogP contribution in [-0.4, -0.2) is 29.9 Å². The number of ether oxygens (including phenoxy) is 1. The molecular weight excluding hydrogens is 300 g/mol. The highest BCUT2D eigenvalue weighted by molar-refractivity contribution is 5.98. The van der Waals surface area contributed by atoms with Crippen LogP contribution in [0.2, 0.25) is 0 Å². The SMILES string of the molecule is COc1ccc(C(C)N(C)C(=O)c2cc3ccc(C)cc3[nH]2)cc1. The first kappa shape index (κ1) is 16.1. The van der Waals surface area contributed by atoms with Crippen molar-refractivity contribution in [3.63, 3.8) is 0 Å². The van der Waals surface area contributed by atoms with Gasteiger partial charge in [0, 0.05) is 18.0 Å². The summed E-state index contributed by atoms with van der Waals surface area (Å²) < 4.78 is 5.18. The lowest BCUT2D eigenvalue weighted by molar-refractivity contribution is 0.0737. The van der Waals surface area contributed by atoms with Crippen LogP contribution in [0.1, 0.15) is 34.6 Å². The largest absolute Gasteiger partial charge is 0.497 e. The molecular formula is C20H22N2O2. The molecule has 0 fully saturated rings. The molecule has 0 spiro atoms. The van der Waals surface area contributed by atoms with Gasteiger partial charge < -0.3 is 14.6 Å². The second kappa shape index (κ2) is 6.40. The lowest BCUT2D eigenvalue weighted by atomic mass is 10.1. The number of aromatic nitrogens is 1. The van der Waals surface area contributed by atoms with Gasteiger partial charge in [-0.2, -0.15) is 0 Å². The Labute approximate surface area is 142 Å². The summed E-state index contributed by atoms with van der Waals surface area (Å²) in [4.78, 5) is 17.8. The van der Waals surface area contributed by atoms with E-state index in [1.807, 2.05) is 63.4 Å². The van der Waals surface area contributed by atoms with Gasteiger partial charge in [-0.25, -0.2) is 0 Å². The molecule has 4 nitrogen and oxygen atoms in total. The quantitative estimate of drug-likeness (QED) is 0.777. The third-order valence-electron chi connectivity index (χ3n) is 4.51. The summed E-state index contributed by atoms with van der Waals surface area (Å²) >= 11 is 0. The van der Waals surface area contributed by atoms with Gasteiger partial charge in [0.1, 0.15) is 11.4 Å². The number of aromatic amines is 1. The highest BCUT2D eigenvalue weighted by atomic mass is 16.5. The predicted octanol–water partition coefficient (Wildman–Crippen LogP) is 4.32. The number of H-pyrrole nitrogens is 1. The smallest absolute Gasteiger partial charge is 0.270 e. The molecule has 3 aromatic rings. The maximum atomic E-state index is 12.8. The van der Waals surface area contributed by atoms with Gasteiger partial charge in [-0.3, -0.25) is 4.79 Å². The van der Waals surface area contributed by atoms with E-state index in [1.165, 1.54) is 5.56 Å². The highest BCUT2D eigenvalue weighted by Gasteiger charge is 2.20. The van der Waals surface area contributed by atoms with Gasteiger partial charge in [-0.15, -0.1) is 0 Å². The molecule has 124 valence electrons. The number of hydrogen-bond donors (Lipinski definition) is 1. The van der Waals surface area contributed by atoms with Crippen LogP contribution < -0.4 is 4.74 Å². The Kier molecular flexibility index (Phi) is 4.30. The van der Waals surface area contributed by atoms with E-state index in [-0.39, 0.29) is 11.9 Å². The lowest BCUT2D eigenvalue weighted by Crippen LogP contribution is -2.29. The third-order valence-corrected chi connectivity index (χ3v) is 4.51. The van der Waals surface area contributed by atoms with Crippen LogP contribution in [0.25, 0.3) is 10.9 Å². The maximum absolute atomic E-state index is 12.8. The fraction of sp³-hybridized carbons (Fsp3) is 0.250. The summed E-state index contributed by atoms with van der Waals surface area (Å²) in [5, 5.41) is 1.05. The molecule has 0 saturated heterocycles. The molecule has 3 rings (SSSR count). The third kappa shape index (κ3) is 3.00. The van der Waals surface area contributed by atoms with Crippen molar-refractivity contribution in [2.45, 2.75) is 19.9 Å². The number of amides is 1. The first-order chi connectivity index (χ1) is 11.5. The van der Waals surface area contributed by atoms with Gasteiger partial charge in [0.15, 0.2) is 0 Å². The van der Waals surface area contributed by atoms with Gasteiger partial charge in [-0.1, -0.05) is 24.3 Å². The van der Waals surface area contributed by atoms with E-state index >= 15 is 0 Å². The highest BCUT2D eigenvalue weighted by Crippen LogP contribution is 2.24. The zero-order valence-corrected chi connectivity index (χ0v) is 14.5. The number of hydrogen-bond acceptors (Lipinski definition) is 2. The van der Waals surface area contributed by atoms with Gasteiger partial charge in [0.05, 0.1) is 13.2 Å².